The van der Waals surface area contributed by atoms with E-state index in [0.717, 1.165) is 4.88 Å². The van der Waals surface area contributed by atoms with Crippen LogP contribution in [0.5, 0.6) is 0 Å². The Labute approximate surface area is 114 Å². The molecule has 19 heavy (non-hydrogen) atoms. The molecular weight excluding hydrogens is 268 g/mol. The molecule has 6 nitrogen and oxygen atoms in total. The molecule has 0 aromatic carbocycles. The van der Waals surface area contributed by atoms with E-state index < -0.39 is 5.97 Å². The van der Waals surface area contributed by atoms with Crippen molar-refractivity contribution in [2.24, 2.45) is 0 Å². The summed E-state index contributed by atoms with van der Waals surface area (Å²) in [5.74, 6) is -1.46. The van der Waals surface area contributed by atoms with Crippen LogP contribution in [0.25, 0.3) is 0 Å². The molecule has 3 N–H and O–H groups in total. The molecule has 0 spiro atoms. The van der Waals surface area contributed by atoms with Crippen molar-refractivity contribution in [3.8, 4) is 0 Å². The highest BCUT2D eigenvalue weighted by Crippen LogP contribution is 2.21. The van der Waals surface area contributed by atoms with Crippen molar-refractivity contribution in [3.63, 3.8) is 0 Å². The minimum absolute atomic E-state index is 0.0887. The summed E-state index contributed by atoms with van der Waals surface area (Å²) in [6.07, 6.45) is -0.0186. The maximum Gasteiger partial charge on any atom is 0.305 e. The highest BCUT2D eigenvalue weighted by Gasteiger charge is 2.17. The van der Waals surface area contributed by atoms with Crippen LogP contribution >= 0.6 is 11.3 Å². The smallest absolute Gasteiger partial charge is 0.305 e. The van der Waals surface area contributed by atoms with Crippen LogP contribution < -0.4 is 10.6 Å². The van der Waals surface area contributed by atoms with Gasteiger partial charge in [-0.15, -0.1) is 11.3 Å². The van der Waals surface area contributed by atoms with Gasteiger partial charge >= 0.3 is 5.97 Å². The van der Waals surface area contributed by atoms with E-state index >= 15 is 0 Å². The Hall–Kier alpha value is -1.89. The maximum atomic E-state index is 11.7. The molecule has 0 aliphatic rings. The van der Waals surface area contributed by atoms with Crippen molar-refractivity contribution in [3.05, 3.63) is 22.4 Å². The molecule has 2 amide bonds. The second-order valence-corrected chi connectivity index (χ2v) is 4.95. The standard InChI is InChI=1S/C12H16N2O4S/c1-8(15)14-9(10-3-2-6-19-10)7-11(16)13-5-4-12(17)18/h2-3,6,9H,4-5,7H2,1H3,(H,13,16)(H,14,15)(H,17,18). The van der Waals surface area contributed by atoms with Crippen LogP contribution in [-0.4, -0.2) is 29.4 Å². The lowest BCUT2D eigenvalue weighted by Crippen LogP contribution is -2.33. The molecule has 0 aliphatic carbocycles. The fourth-order valence-corrected chi connectivity index (χ4v) is 2.30. The molecule has 0 fully saturated rings. The van der Waals surface area contributed by atoms with Gasteiger partial charge in [-0.05, 0) is 11.4 Å². The van der Waals surface area contributed by atoms with E-state index in [1.165, 1.54) is 18.3 Å². The summed E-state index contributed by atoms with van der Waals surface area (Å²) in [4.78, 5) is 34.0. The fourth-order valence-electron chi connectivity index (χ4n) is 1.52. The Morgan fingerprint density at radius 3 is 2.68 bits per heavy atom. The first-order valence-electron chi connectivity index (χ1n) is 5.78. The quantitative estimate of drug-likeness (QED) is 0.693. The van der Waals surface area contributed by atoms with E-state index in [-0.39, 0.29) is 37.2 Å². The Morgan fingerprint density at radius 1 is 1.42 bits per heavy atom. The predicted octanol–water partition coefficient (Wildman–Crippen LogP) is 0.906. The molecule has 104 valence electrons. The number of aliphatic carboxylic acids is 1. The van der Waals surface area contributed by atoms with Gasteiger partial charge in [-0.3, -0.25) is 14.4 Å². The molecular formula is C12H16N2O4S. The molecule has 0 bridgehead atoms. The highest BCUT2D eigenvalue weighted by atomic mass is 32.1. The minimum Gasteiger partial charge on any atom is -0.481 e. The Kier molecular flexibility index (Phi) is 6.01. The predicted molar refractivity (Wildman–Crippen MR) is 70.8 cm³/mol. The van der Waals surface area contributed by atoms with Crippen LogP contribution in [0.2, 0.25) is 0 Å². The largest absolute Gasteiger partial charge is 0.481 e. The van der Waals surface area contributed by atoms with Crippen LogP contribution in [-0.2, 0) is 14.4 Å². The average Bonchev–Trinajstić information content (AvgIpc) is 2.80. The topological polar surface area (TPSA) is 95.5 Å². The van der Waals surface area contributed by atoms with Crippen molar-refractivity contribution in [2.75, 3.05) is 6.54 Å². The van der Waals surface area contributed by atoms with E-state index in [2.05, 4.69) is 10.6 Å². The summed E-state index contributed by atoms with van der Waals surface area (Å²) in [7, 11) is 0. The normalized spacial score (nSPS) is 11.6. The number of hydrogen-bond donors (Lipinski definition) is 3. The first kappa shape index (κ1) is 15.2. The lowest BCUT2D eigenvalue weighted by atomic mass is 10.1. The van der Waals surface area contributed by atoms with Crippen molar-refractivity contribution >= 4 is 29.1 Å². The Morgan fingerprint density at radius 2 is 2.16 bits per heavy atom. The number of amides is 2. The number of carboxylic acid groups (broad SMARTS) is 1. The molecule has 1 rings (SSSR count). The maximum absolute atomic E-state index is 11.7. The molecule has 0 saturated heterocycles. The third kappa shape index (κ3) is 6.01. The number of hydrogen-bond acceptors (Lipinski definition) is 4. The van der Waals surface area contributed by atoms with Crippen LogP contribution in [0.15, 0.2) is 17.5 Å². The van der Waals surface area contributed by atoms with Crippen molar-refractivity contribution in [1.29, 1.82) is 0 Å². The fraction of sp³-hybridized carbons (Fsp3) is 0.417. The molecule has 1 atom stereocenters. The molecule has 0 radical (unpaired) electrons. The summed E-state index contributed by atoms with van der Waals surface area (Å²) >= 11 is 1.45. The molecule has 1 unspecified atom stereocenters. The average molecular weight is 284 g/mol. The summed E-state index contributed by atoms with van der Waals surface area (Å²) < 4.78 is 0. The third-order valence-electron chi connectivity index (χ3n) is 2.31. The molecule has 0 saturated carbocycles. The first-order valence-corrected chi connectivity index (χ1v) is 6.66. The van der Waals surface area contributed by atoms with Gasteiger partial charge in [0.2, 0.25) is 11.8 Å². The third-order valence-corrected chi connectivity index (χ3v) is 3.30. The van der Waals surface area contributed by atoms with Gasteiger partial charge in [0.25, 0.3) is 0 Å². The second-order valence-electron chi connectivity index (χ2n) is 3.97. The van der Waals surface area contributed by atoms with Gasteiger partial charge < -0.3 is 15.7 Å². The monoisotopic (exact) mass is 284 g/mol. The number of carboxylic acids is 1. The minimum atomic E-state index is -0.961. The zero-order chi connectivity index (χ0) is 14.3. The summed E-state index contributed by atoms with van der Waals surface area (Å²) in [6.45, 7) is 1.48. The number of carbonyl (C=O) groups is 3. The van der Waals surface area contributed by atoms with Crippen LogP contribution in [0.3, 0.4) is 0 Å². The van der Waals surface area contributed by atoms with Crippen molar-refractivity contribution in [1.82, 2.24) is 10.6 Å². The Bertz CT molecular complexity index is 445. The van der Waals surface area contributed by atoms with E-state index in [4.69, 9.17) is 5.11 Å². The van der Waals surface area contributed by atoms with E-state index in [9.17, 15) is 14.4 Å². The van der Waals surface area contributed by atoms with Crippen molar-refractivity contribution in [2.45, 2.75) is 25.8 Å². The number of carbonyl (C=O) groups excluding carboxylic acids is 2. The number of nitrogens with one attached hydrogen (secondary N) is 2. The van der Waals surface area contributed by atoms with E-state index in [1.54, 1.807) is 0 Å². The zero-order valence-electron chi connectivity index (χ0n) is 10.5. The molecule has 0 aliphatic heterocycles. The number of rotatable bonds is 7. The van der Waals surface area contributed by atoms with Gasteiger partial charge in [0.1, 0.15) is 0 Å². The lowest BCUT2D eigenvalue weighted by Gasteiger charge is -2.16. The SMILES string of the molecule is CC(=O)NC(CC(=O)NCCC(=O)O)c1cccs1. The Balaban J connectivity index is 2.50. The van der Waals surface area contributed by atoms with Gasteiger partial charge in [-0.1, -0.05) is 6.07 Å². The van der Waals surface area contributed by atoms with Crippen LogP contribution in [0.1, 0.15) is 30.7 Å². The van der Waals surface area contributed by atoms with Crippen molar-refractivity contribution < 1.29 is 19.5 Å². The van der Waals surface area contributed by atoms with Gasteiger partial charge in [-0.2, -0.15) is 0 Å². The molecule has 1 aromatic heterocycles. The van der Waals surface area contributed by atoms with Crippen LogP contribution in [0.4, 0.5) is 0 Å². The second kappa shape index (κ2) is 7.52. The first-order chi connectivity index (χ1) is 8.99. The van der Waals surface area contributed by atoms with E-state index in [0.29, 0.717) is 0 Å². The summed E-state index contributed by atoms with van der Waals surface area (Å²) in [6, 6.07) is 3.31. The molecule has 1 aromatic rings. The van der Waals surface area contributed by atoms with E-state index in [1.807, 2.05) is 17.5 Å². The van der Waals surface area contributed by atoms with Crippen LogP contribution in [0, 0.1) is 0 Å². The number of thiophene rings is 1. The summed E-state index contributed by atoms with van der Waals surface area (Å²) in [5.41, 5.74) is 0. The molecule has 1 heterocycles. The zero-order valence-corrected chi connectivity index (χ0v) is 11.3. The van der Waals surface area contributed by atoms with Gasteiger partial charge in [0.15, 0.2) is 0 Å². The lowest BCUT2D eigenvalue weighted by molar-refractivity contribution is -0.137. The highest BCUT2D eigenvalue weighted by molar-refractivity contribution is 7.10. The van der Waals surface area contributed by atoms with Gasteiger partial charge in [0, 0.05) is 18.3 Å². The van der Waals surface area contributed by atoms with Gasteiger partial charge in [-0.25, -0.2) is 0 Å². The van der Waals surface area contributed by atoms with Gasteiger partial charge in [0.05, 0.1) is 18.9 Å². The summed E-state index contributed by atoms with van der Waals surface area (Å²) in [5, 5.41) is 15.6. The molecule has 7 heteroatoms.